The van der Waals surface area contributed by atoms with Crippen molar-refractivity contribution in [3.63, 3.8) is 0 Å². The maximum Gasteiger partial charge on any atom is 0.407 e. The van der Waals surface area contributed by atoms with Crippen LogP contribution in [0.15, 0.2) is 0 Å². The van der Waals surface area contributed by atoms with Crippen LogP contribution in [-0.2, 0) is 15.0 Å². The van der Waals surface area contributed by atoms with Gasteiger partial charge in [0.1, 0.15) is 5.60 Å². The van der Waals surface area contributed by atoms with Crippen LogP contribution >= 0.6 is 0 Å². The Balaban J connectivity index is 4.06. The molecule has 0 rings (SSSR count). The first-order chi connectivity index (χ1) is 8.31. The molecule has 0 aromatic rings. The number of ether oxygens (including phenoxy) is 1. The summed E-state index contributed by atoms with van der Waals surface area (Å²) >= 11 is 0. The average Bonchev–Trinajstić information content (AvgIpc) is 2.09. The largest absolute Gasteiger partial charge is 0.444 e. The number of hydrogen-bond donors (Lipinski definition) is 1. The van der Waals surface area contributed by atoms with E-state index in [-0.39, 0.29) is 11.8 Å². The SMILES string of the molecule is CC(C)(CCCS(=O)(=O)F)CNC(=O)OC(C)(C)C. The number of halogens is 1. The van der Waals surface area contributed by atoms with Gasteiger partial charge in [0.15, 0.2) is 0 Å². The van der Waals surface area contributed by atoms with E-state index in [4.69, 9.17) is 4.74 Å². The van der Waals surface area contributed by atoms with E-state index in [9.17, 15) is 17.1 Å². The highest BCUT2D eigenvalue weighted by atomic mass is 32.3. The smallest absolute Gasteiger partial charge is 0.407 e. The minimum atomic E-state index is -4.41. The Kier molecular flexibility index (Phi) is 6.25. The van der Waals surface area contributed by atoms with Gasteiger partial charge in [0.2, 0.25) is 0 Å². The van der Waals surface area contributed by atoms with Crippen LogP contribution in [0, 0.1) is 5.41 Å². The molecule has 1 amide bonds. The molecule has 0 heterocycles. The van der Waals surface area contributed by atoms with E-state index in [2.05, 4.69) is 5.32 Å². The molecule has 0 aromatic heterocycles. The van der Waals surface area contributed by atoms with E-state index in [1.807, 2.05) is 13.8 Å². The van der Waals surface area contributed by atoms with Crippen molar-refractivity contribution >= 4 is 16.3 Å². The number of nitrogens with one attached hydrogen (secondary N) is 1. The number of hydrogen-bond acceptors (Lipinski definition) is 4. The Morgan fingerprint density at radius 2 is 1.74 bits per heavy atom. The third kappa shape index (κ3) is 11.9. The Hall–Kier alpha value is -0.850. The molecule has 0 aliphatic rings. The second-order valence-corrected chi connectivity index (χ2v) is 7.85. The number of carbonyl (C=O) groups excluding carboxylic acids is 1. The van der Waals surface area contributed by atoms with Crippen molar-refractivity contribution < 1.29 is 21.8 Å². The summed E-state index contributed by atoms with van der Waals surface area (Å²) in [5.41, 5.74) is -0.877. The molecular formula is C12H24FNO4S. The lowest BCUT2D eigenvalue weighted by Gasteiger charge is -2.26. The van der Waals surface area contributed by atoms with Gasteiger partial charge in [-0.1, -0.05) is 13.8 Å². The standard InChI is InChI=1S/C12H24FNO4S/c1-11(2,3)18-10(15)14-9-12(4,5)7-6-8-19(13,16)17/h6-9H2,1-5H3,(H,14,15). The van der Waals surface area contributed by atoms with Gasteiger partial charge in [0.05, 0.1) is 5.75 Å². The highest BCUT2D eigenvalue weighted by Crippen LogP contribution is 2.22. The predicted octanol–water partition coefficient (Wildman–Crippen LogP) is 2.62. The highest BCUT2D eigenvalue weighted by Gasteiger charge is 2.22. The van der Waals surface area contributed by atoms with Crippen LogP contribution in [0.2, 0.25) is 0 Å². The summed E-state index contributed by atoms with van der Waals surface area (Å²) in [6.07, 6.45) is 0.201. The normalized spacial score (nSPS) is 13.2. The third-order valence-corrected chi connectivity index (χ3v) is 3.13. The lowest BCUT2D eigenvalue weighted by atomic mass is 9.88. The van der Waals surface area contributed by atoms with Crippen LogP contribution in [0.1, 0.15) is 47.5 Å². The molecule has 0 spiro atoms. The van der Waals surface area contributed by atoms with Gasteiger partial charge >= 0.3 is 16.3 Å². The molecular weight excluding hydrogens is 273 g/mol. The van der Waals surface area contributed by atoms with Crippen LogP contribution in [-0.4, -0.2) is 32.4 Å². The summed E-state index contributed by atoms with van der Waals surface area (Å²) in [6, 6.07) is 0. The molecule has 0 saturated heterocycles. The maximum atomic E-state index is 12.3. The first kappa shape index (κ1) is 18.1. The van der Waals surface area contributed by atoms with Gasteiger partial charge in [-0.25, -0.2) is 4.79 Å². The lowest BCUT2D eigenvalue weighted by molar-refractivity contribution is 0.0504. The van der Waals surface area contributed by atoms with Crippen molar-refractivity contribution in [3.05, 3.63) is 0 Å². The number of rotatable bonds is 6. The topological polar surface area (TPSA) is 72.5 Å². The molecule has 0 unspecified atom stereocenters. The maximum absolute atomic E-state index is 12.3. The van der Waals surface area contributed by atoms with Gasteiger partial charge in [-0.05, 0) is 39.0 Å². The molecule has 114 valence electrons. The molecule has 0 fully saturated rings. The van der Waals surface area contributed by atoms with Gasteiger partial charge in [-0.3, -0.25) is 0 Å². The van der Waals surface area contributed by atoms with E-state index in [0.717, 1.165) is 0 Å². The Bertz CT molecular complexity index is 398. The van der Waals surface area contributed by atoms with Crippen molar-refractivity contribution in [1.82, 2.24) is 5.32 Å². The van der Waals surface area contributed by atoms with Gasteiger partial charge in [0, 0.05) is 6.54 Å². The van der Waals surface area contributed by atoms with Crippen LogP contribution < -0.4 is 5.32 Å². The van der Waals surface area contributed by atoms with Crippen LogP contribution in [0.5, 0.6) is 0 Å². The molecule has 0 atom stereocenters. The van der Waals surface area contributed by atoms with Gasteiger partial charge in [-0.15, -0.1) is 3.89 Å². The molecule has 0 aliphatic carbocycles. The fraction of sp³-hybridized carbons (Fsp3) is 0.917. The first-order valence-corrected chi connectivity index (χ1v) is 7.75. The second-order valence-electron chi connectivity index (χ2n) is 6.37. The number of amides is 1. The van der Waals surface area contributed by atoms with E-state index in [1.165, 1.54) is 0 Å². The van der Waals surface area contributed by atoms with Crippen molar-refractivity contribution in [3.8, 4) is 0 Å². The zero-order valence-corrected chi connectivity index (χ0v) is 13.1. The average molecular weight is 297 g/mol. The van der Waals surface area contributed by atoms with Gasteiger partial charge < -0.3 is 10.1 Å². The van der Waals surface area contributed by atoms with Crippen molar-refractivity contribution in [1.29, 1.82) is 0 Å². The number of alkyl carbamates (subject to hydrolysis) is 1. The summed E-state index contributed by atoms with van der Waals surface area (Å²) in [4.78, 5) is 11.4. The van der Waals surface area contributed by atoms with Gasteiger partial charge in [0.25, 0.3) is 0 Å². The summed E-state index contributed by atoms with van der Waals surface area (Å²) in [5.74, 6) is -0.483. The third-order valence-electron chi connectivity index (χ3n) is 2.35. The Labute approximate surface area is 115 Å². The molecule has 0 aromatic carbocycles. The molecule has 0 aliphatic heterocycles. The molecule has 7 heteroatoms. The van der Waals surface area contributed by atoms with E-state index in [0.29, 0.717) is 13.0 Å². The molecule has 5 nitrogen and oxygen atoms in total. The summed E-state index contributed by atoms with van der Waals surface area (Å²) in [6.45, 7) is 9.39. The van der Waals surface area contributed by atoms with Crippen molar-refractivity contribution in [2.75, 3.05) is 12.3 Å². The fourth-order valence-electron chi connectivity index (χ4n) is 1.44. The van der Waals surface area contributed by atoms with Gasteiger partial charge in [-0.2, -0.15) is 8.42 Å². The fourth-order valence-corrected chi connectivity index (χ4v) is 1.93. The number of carbonyl (C=O) groups is 1. The zero-order chi connectivity index (χ0) is 15.3. The Morgan fingerprint density at radius 3 is 2.16 bits per heavy atom. The molecule has 1 N–H and O–H groups in total. The molecule has 0 saturated carbocycles. The van der Waals surface area contributed by atoms with E-state index >= 15 is 0 Å². The van der Waals surface area contributed by atoms with E-state index in [1.54, 1.807) is 20.8 Å². The highest BCUT2D eigenvalue weighted by molar-refractivity contribution is 7.86. The summed E-state index contributed by atoms with van der Waals surface area (Å²) in [5, 5.41) is 2.62. The monoisotopic (exact) mass is 297 g/mol. The summed E-state index contributed by atoms with van der Waals surface area (Å²) in [7, 11) is -4.41. The summed E-state index contributed by atoms with van der Waals surface area (Å²) < 4.78 is 38.2. The van der Waals surface area contributed by atoms with Crippen molar-refractivity contribution in [2.45, 2.75) is 53.1 Å². The predicted molar refractivity (Wildman–Crippen MR) is 72.1 cm³/mol. The first-order valence-electron chi connectivity index (χ1n) is 6.20. The second kappa shape index (κ2) is 6.54. The van der Waals surface area contributed by atoms with Crippen LogP contribution in [0.4, 0.5) is 8.68 Å². The van der Waals surface area contributed by atoms with E-state index < -0.39 is 27.7 Å². The lowest BCUT2D eigenvalue weighted by Crippen LogP contribution is -2.38. The van der Waals surface area contributed by atoms with Crippen LogP contribution in [0.3, 0.4) is 0 Å². The molecule has 19 heavy (non-hydrogen) atoms. The molecule has 0 radical (unpaired) electrons. The minimum absolute atomic E-state index is 0.224. The minimum Gasteiger partial charge on any atom is -0.444 e. The quantitative estimate of drug-likeness (QED) is 0.765. The zero-order valence-electron chi connectivity index (χ0n) is 12.2. The van der Waals surface area contributed by atoms with Crippen LogP contribution in [0.25, 0.3) is 0 Å². The Morgan fingerprint density at radius 1 is 1.21 bits per heavy atom. The van der Waals surface area contributed by atoms with Crippen molar-refractivity contribution in [2.24, 2.45) is 5.41 Å². The molecule has 0 bridgehead atoms.